The fraction of sp³-hybridized carbons (Fsp3) is 0.556. The molecule has 0 radical (unpaired) electrons. The number of ether oxygens (including phenoxy) is 1. The van der Waals surface area contributed by atoms with Gasteiger partial charge in [-0.3, -0.25) is 19.7 Å². The van der Waals surface area contributed by atoms with Crippen LogP contribution in [0.15, 0.2) is 18.2 Å². The van der Waals surface area contributed by atoms with Crippen LogP contribution in [-0.2, 0) is 14.3 Å². The van der Waals surface area contributed by atoms with Gasteiger partial charge < -0.3 is 4.74 Å². The molecule has 1 aromatic carbocycles. The Hall–Kier alpha value is -1.66. The molecule has 0 aromatic heterocycles. The van der Waals surface area contributed by atoms with E-state index in [1.54, 1.807) is 20.8 Å². The number of nitro groups is 1. The van der Waals surface area contributed by atoms with Crippen LogP contribution in [0.3, 0.4) is 0 Å². The number of halogens is 2. The van der Waals surface area contributed by atoms with Crippen LogP contribution in [0.1, 0.15) is 51.5 Å². The summed E-state index contributed by atoms with van der Waals surface area (Å²) in [5, 5.41) is 11.9. The van der Waals surface area contributed by atoms with E-state index in [9.17, 15) is 19.7 Å². The van der Waals surface area contributed by atoms with E-state index in [1.165, 1.54) is 18.2 Å². The molecule has 0 spiro atoms. The SMILES string of the molecule is CC(C)(C)OC(=O)C1(C(C[N+](=O)[O-])c2ccc(Cl)cc2Cl)CCCC1=O. The standard InChI is InChI=1S/C18H21Cl2NO5/c1-17(2,3)26-16(23)18(8-4-5-15(18)22)13(10-21(24)25)12-7-6-11(19)9-14(12)20/h6-7,9,13H,4-5,8,10H2,1-3H3. The average Bonchev–Trinajstić information content (AvgIpc) is 2.86. The second kappa shape index (κ2) is 7.53. The summed E-state index contributed by atoms with van der Waals surface area (Å²) in [4.78, 5) is 36.7. The van der Waals surface area contributed by atoms with Gasteiger partial charge in [0, 0.05) is 21.4 Å². The number of esters is 1. The lowest BCUT2D eigenvalue weighted by Crippen LogP contribution is -2.47. The summed E-state index contributed by atoms with van der Waals surface area (Å²) in [6, 6.07) is 4.53. The van der Waals surface area contributed by atoms with Crippen LogP contribution in [0.5, 0.6) is 0 Å². The highest BCUT2D eigenvalue weighted by Gasteiger charge is 2.58. The fourth-order valence-corrected chi connectivity index (χ4v) is 3.98. The Labute approximate surface area is 162 Å². The van der Waals surface area contributed by atoms with E-state index >= 15 is 0 Å². The van der Waals surface area contributed by atoms with Gasteiger partial charge in [-0.2, -0.15) is 0 Å². The Kier molecular flexibility index (Phi) is 5.98. The number of Topliss-reactive ketones (excluding diaryl/α,β-unsaturated/α-hetero) is 1. The van der Waals surface area contributed by atoms with Crippen LogP contribution in [0.25, 0.3) is 0 Å². The molecule has 1 aliphatic rings. The maximum atomic E-state index is 13.0. The second-order valence-electron chi connectivity index (χ2n) is 7.48. The lowest BCUT2D eigenvalue weighted by Gasteiger charge is -2.35. The molecule has 1 fully saturated rings. The van der Waals surface area contributed by atoms with Crippen molar-refractivity contribution in [1.82, 2.24) is 0 Å². The average molecular weight is 402 g/mol. The van der Waals surface area contributed by atoms with E-state index in [2.05, 4.69) is 0 Å². The minimum absolute atomic E-state index is 0.179. The number of nitrogens with zero attached hydrogens (tertiary/aromatic N) is 1. The third kappa shape index (κ3) is 4.18. The third-order valence-electron chi connectivity index (χ3n) is 4.50. The van der Waals surface area contributed by atoms with Crippen molar-refractivity contribution in [3.8, 4) is 0 Å². The van der Waals surface area contributed by atoms with Crippen molar-refractivity contribution >= 4 is 35.0 Å². The number of ketones is 1. The molecule has 0 bridgehead atoms. The third-order valence-corrected chi connectivity index (χ3v) is 5.06. The zero-order chi connectivity index (χ0) is 19.7. The zero-order valence-corrected chi connectivity index (χ0v) is 16.4. The van der Waals surface area contributed by atoms with E-state index in [-0.39, 0.29) is 23.6 Å². The van der Waals surface area contributed by atoms with Gasteiger partial charge >= 0.3 is 5.97 Å². The van der Waals surface area contributed by atoms with Crippen molar-refractivity contribution in [3.05, 3.63) is 43.9 Å². The van der Waals surface area contributed by atoms with Gasteiger partial charge in [-0.15, -0.1) is 0 Å². The van der Waals surface area contributed by atoms with E-state index in [1.807, 2.05) is 0 Å². The van der Waals surface area contributed by atoms with Crippen LogP contribution in [0.4, 0.5) is 0 Å². The monoisotopic (exact) mass is 401 g/mol. The summed E-state index contributed by atoms with van der Waals surface area (Å²) in [5.74, 6) is -2.10. The molecule has 1 aliphatic carbocycles. The van der Waals surface area contributed by atoms with Gasteiger partial charge in [0.1, 0.15) is 11.0 Å². The second-order valence-corrected chi connectivity index (χ2v) is 8.33. The van der Waals surface area contributed by atoms with Crippen molar-refractivity contribution in [2.75, 3.05) is 6.54 Å². The van der Waals surface area contributed by atoms with Crippen molar-refractivity contribution in [3.63, 3.8) is 0 Å². The van der Waals surface area contributed by atoms with E-state index in [0.29, 0.717) is 17.0 Å². The summed E-state index contributed by atoms with van der Waals surface area (Å²) >= 11 is 12.2. The van der Waals surface area contributed by atoms with Crippen molar-refractivity contribution in [1.29, 1.82) is 0 Å². The first-order valence-corrected chi connectivity index (χ1v) is 9.06. The van der Waals surface area contributed by atoms with Crippen molar-refractivity contribution in [2.45, 2.75) is 51.6 Å². The van der Waals surface area contributed by atoms with Gasteiger partial charge in [-0.1, -0.05) is 29.3 Å². The number of rotatable bonds is 5. The molecule has 2 atom stereocenters. The first kappa shape index (κ1) is 20.6. The van der Waals surface area contributed by atoms with E-state index in [0.717, 1.165) is 0 Å². The minimum Gasteiger partial charge on any atom is -0.459 e. The maximum absolute atomic E-state index is 13.0. The van der Waals surface area contributed by atoms with Gasteiger partial charge in [0.2, 0.25) is 6.54 Å². The Balaban J connectivity index is 2.61. The quantitative estimate of drug-likeness (QED) is 0.315. The Morgan fingerprint density at radius 3 is 2.50 bits per heavy atom. The molecule has 1 aromatic rings. The Bertz CT molecular complexity index is 744. The predicted molar refractivity (Wildman–Crippen MR) is 98.2 cm³/mol. The zero-order valence-electron chi connectivity index (χ0n) is 14.9. The molecule has 8 heteroatoms. The van der Waals surface area contributed by atoms with Gasteiger partial charge in [0.05, 0.1) is 5.92 Å². The van der Waals surface area contributed by atoms with Gasteiger partial charge in [-0.25, -0.2) is 0 Å². The highest BCUT2D eigenvalue weighted by atomic mass is 35.5. The maximum Gasteiger partial charge on any atom is 0.321 e. The fourth-order valence-electron chi connectivity index (χ4n) is 3.44. The van der Waals surface area contributed by atoms with E-state index in [4.69, 9.17) is 27.9 Å². The predicted octanol–water partition coefficient (Wildman–Crippen LogP) is 4.43. The van der Waals surface area contributed by atoms with Crippen LogP contribution in [-0.4, -0.2) is 28.8 Å². The van der Waals surface area contributed by atoms with Crippen LogP contribution < -0.4 is 0 Å². The minimum atomic E-state index is -1.61. The summed E-state index contributed by atoms with van der Waals surface area (Å²) in [6.45, 7) is 4.47. The summed E-state index contributed by atoms with van der Waals surface area (Å²) in [6.07, 6.45) is 0.842. The first-order chi connectivity index (χ1) is 12.0. The summed E-state index contributed by atoms with van der Waals surface area (Å²) < 4.78 is 5.49. The van der Waals surface area contributed by atoms with Crippen molar-refractivity contribution in [2.24, 2.45) is 5.41 Å². The number of hydrogen-bond donors (Lipinski definition) is 0. The molecule has 0 heterocycles. The molecule has 1 saturated carbocycles. The lowest BCUT2D eigenvalue weighted by atomic mass is 9.69. The largest absolute Gasteiger partial charge is 0.459 e. The van der Waals surface area contributed by atoms with Crippen LogP contribution in [0, 0.1) is 15.5 Å². The number of carbonyl (C=O) groups is 2. The number of benzene rings is 1. The first-order valence-electron chi connectivity index (χ1n) is 8.31. The Morgan fingerprint density at radius 2 is 2.04 bits per heavy atom. The molecular weight excluding hydrogens is 381 g/mol. The topological polar surface area (TPSA) is 86.5 Å². The summed E-state index contributed by atoms with van der Waals surface area (Å²) in [5.41, 5.74) is -2.08. The highest BCUT2D eigenvalue weighted by molar-refractivity contribution is 6.35. The molecule has 6 nitrogen and oxygen atoms in total. The van der Waals surface area contributed by atoms with Crippen LogP contribution in [0.2, 0.25) is 10.0 Å². The molecule has 26 heavy (non-hydrogen) atoms. The molecule has 0 N–H and O–H groups in total. The summed E-state index contributed by atoms with van der Waals surface area (Å²) in [7, 11) is 0. The molecule has 0 amide bonds. The molecule has 2 unspecified atom stereocenters. The number of hydrogen-bond acceptors (Lipinski definition) is 5. The van der Waals surface area contributed by atoms with E-state index < -0.39 is 34.4 Å². The van der Waals surface area contributed by atoms with Crippen LogP contribution >= 0.6 is 23.2 Å². The van der Waals surface area contributed by atoms with Gasteiger partial charge in [-0.05, 0) is 51.3 Å². The van der Waals surface area contributed by atoms with Gasteiger partial charge in [0.25, 0.3) is 0 Å². The van der Waals surface area contributed by atoms with Crippen molar-refractivity contribution < 1.29 is 19.2 Å². The Morgan fingerprint density at radius 1 is 1.38 bits per heavy atom. The molecule has 2 rings (SSSR count). The molecular formula is C18H21Cl2NO5. The normalized spacial score (nSPS) is 21.5. The molecule has 142 valence electrons. The smallest absolute Gasteiger partial charge is 0.321 e. The molecule has 0 saturated heterocycles. The van der Waals surface area contributed by atoms with Gasteiger partial charge in [0.15, 0.2) is 5.78 Å². The number of carbonyl (C=O) groups excluding carboxylic acids is 2. The highest BCUT2D eigenvalue weighted by Crippen LogP contribution is 2.49. The lowest BCUT2D eigenvalue weighted by molar-refractivity contribution is -0.485. The molecule has 0 aliphatic heterocycles.